The van der Waals surface area contributed by atoms with Gasteiger partial charge in [0.15, 0.2) is 5.82 Å². The van der Waals surface area contributed by atoms with E-state index in [1.807, 2.05) is 4.72 Å². The van der Waals surface area contributed by atoms with E-state index in [0.717, 1.165) is 16.4 Å². The molecule has 22 heteroatoms. The van der Waals surface area contributed by atoms with Gasteiger partial charge < -0.3 is 30.1 Å². The molecule has 3 aromatic carbocycles. The summed E-state index contributed by atoms with van der Waals surface area (Å²) in [6, 6.07) is 11.3. The molecular formula is C46H48F5N9O7S. The third-order valence-corrected chi connectivity index (χ3v) is 14.4. The predicted octanol–water partition coefficient (Wildman–Crippen LogP) is 5.71. The van der Waals surface area contributed by atoms with Crippen LogP contribution < -0.4 is 25.2 Å². The molecule has 3 fully saturated rings. The summed E-state index contributed by atoms with van der Waals surface area (Å²) in [7, 11) is -2.97. The average Bonchev–Trinajstić information content (AvgIpc) is 3.74. The Morgan fingerprint density at radius 2 is 1.63 bits per heavy atom. The zero-order valence-electron chi connectivity index (χ0n) is 36.9. The first kappa shape index (κ1) is 47.8. The fourth-order valence-corrected chi connectivity index (χ4v) is 9.65. The molecule has 68 heavy (non-hydrogen) atoms. The molecule has 3 aliphatic rings. The Morgan fingerprint density at radius 3 is 2.31 bits per heavy atom. The molecule has 16 nitrogen and oxygen atoms in total. The van der Waals surface area contributed by atoms with Crippen molar-refractivity contribution in [2.75, 3.05) is 72.7 Å². The Hall–Kier alpha value is -6.65. The topological polar surface area (TPSA) is 200 Å². The lowest BCUT2D eigenvalue weighted by molar-refractivity contribution is -0.138. The molecule has 1 unspecified atom stereocenters. The number of nitrogens with one attached hydrogen (secondary N) is 4. The normalized spacial score (nSPS) is 17.8. The quantitative estimate of drug-likeness (QED) is 0.0519. The van der Waals surface area contributed by atoms with Gasteiger partial charge in [-0.1, -0.05) is 13.0 Å². The number of carbonyl (C=O) groups excluding carboxylic acids is 4. The van der Waals surface area contributed by atoms with Crippen LogP contribution in [0.1, 0.15) is 66.9 Å². The number of imide groups is 1. The number of aromatic nitrogens is 2. The number of aromatic amines is 1. The number of nitrogens with zero attached hydrogens (tertiary/aromatic N) is 5. The molecule has 0 radical (unpaired) electrons. The summed E-state index contributed by atoms with van der Waals surface area (Å²) in [6.45, 7) is 2.99. The SMILES string of the molecule is CCN(C)S(=O)(=O)Nc1ccc(F)c(C(=O)c2c[nH]c3ncc(-c4ccc(N5CCN(C(=O)CC6(O)CCN(c7ccc(NC8CCC(=O)NC8=O)cc7F)CC6)CC5)c(C(F)F)c4)cc23)c1F. The third-order valence-electron chi connectivity index (χ3n) is 12.8. The van der Waals surface area contributed by atoms with E-state index < -0.39 is 68.7 Å². The minimum atomic E-state index is -4.22. The van der Waals surface area contributed by atoms with E-state index in [1.54, 1.807) is 39.8 Å². The Balaban J connectivity index is 0.896. The third kappa shape index (κ3) is 9.83. The average molecular weight is 966 g/mol. The van der Waals surface area contributed by atoms with E-state index in [0.29, 0.717) is 22.5 Å². The van der Waals surface area contributed by atoms with Gasteiger partial charge in [0, 0.05) is 105 Å². The van der Waals surface area contributed by atoms with Gasteiger partial charge in [-0.2, -0.15) is 12.7 Å². The molecule has 0 saturated carbocycles. The van der Waals surface area contributed by atoms with Crippen molar-refractivity contribution in [1.29, 1.82) is 0 Å². The van der Waals surface area contributed by atoms with Crippen LogP contribution in [0.3, 0.4) is 0 Å². The van der Waals surface area contributed by atoms with E-state index in [2.05, 4.69) is 20.6 Å². The van der Waals surface area contributed by atoms with Crippen LogP contribution in [0.5, 0.6) is 0 Å². The van der Waals surface area contributed by atoms with Crippen LogP contribution in [-0.2, 0) is 24.6 Å². The van der Waals surface area contributed by atoms with Crippen LogP contribution in [-0.4, -0.2) is 121 Å². The molecule has 3 aliphatic heterocycles. The highest BCUT2D eigenvalue weighted by Gasteiger charge is 2.38. The summed E-state index contributed by atoms with van der Waals surface area (Å²) in [5, 5.41) is 16.8. The van der Waals surface area contributed by atoms with Crippen molar-refractivity contribution >= 4 is 67.5 Å². The minimum Gasteiger partial charge on any atom is -0.389 e. The van der Waals surface area contributed by atoms with Gasteiger partial charge in [0.05, 0.1) is 29.0 Å². The monoisotopic (exact) mass is 965 g/mol. The summed E-state index contributed by atoms with van der Waals surface area (Å²) in [5.41, 5.74) is -1.79. The van der Waals surface area contributed by atoms with E-state index >= 15 is 13.2 Å². The number of hydrogen-bond acceptors (Lipinski definition) is 11. The highest BCUT2D eigenvalue weighted by atomic mass is 32.2. The van der Waals surface area contributed by atoms with Gasteiger partial charge in [-0.3, -0.25) is 29.2 Å². The molecule has 5 aromatic rings. The summed E-state index contributed by atoms with van der Waals surface area (Å²) in [6.07, 6.45) is 0.347. The molecule has 3 saturated heterocycles. The lowest BCUT2D eigenvalue weighted by Gasteiger charge is -2.41. The molecule has 0 spiro atoms. The molecule has 1 atom stereocenters. The second kappa shape index (κ2) is 19.2. The fourth-order valence-electron chi connectivity index (χ4n) is 8.72. The van der Waals surface area contributed by atoms with Crippen molar-refractivity contribution in [2.24, 2.45) is 0 Å². The lowest BCUT2D eigenvalue weighted by Crippen LogP contribution is -2.52. The summed E-state index contributed by atoms with van der Waals surface area (Å²) in [5.74, 6) is -5.45. The zero-order chi connectivity index (χ0) is 48.7. The Bertz CT molecular complexity index is 2900. The number of benzene rings is 3. The van der Waals surface area contributed by atoms with Crippen molar-refractivity contribution < 1.29 is 54.7 Å². The molecule has 0 aliphatic carbocycles. The lowest BCUT2D eigenvalue weighted by atomic mass is 9.87. The molecular weight excluding hydrogens is 918 g/mol. The van der Waals surface area contributed by atoms with Gasteiger partial charge in [0.25, 0.3) is 6.43 Å². The first-order valence-corrected chi connectivity index (χ1v) is 23.3. The maximum atomic E-state index is 15.7. The molecule has 360 valence electrons. The molecule has 5 N–H and O–H groups in total. The second-order valence-electron chi connectivity index (χ2n) is 17.1. The van der Waals surface area contributed by atoms with Crippen molar-refractivity contribution in [2.45, 2.75) is 57.1 Å². The number of amides is 3. The number of piperidine rings is 2. The smallest absolute Gasteiger partial charge is 0.301 e. The van der Waals surface area contributed by atoms with Crippen molar-refractivity contribution in [3.63, 3.8) is 0 Å². The number of alkyl halides is 2. The summed E-state index contributed by atoms with van der Waals surface area (Å²) < 4.78 is 104. The maximum Gasteiger partial charge on any atom is 0.301 e. The van der Waals surface area contributed by atoms with Gasteiger partial charge in [-0.25, -0.2) is 26.9 Å². The van der Waals surface area contributed by atoms with Crippen LogP contribution >= 0.6 is 0 Å². The van der Waals surface area contributed by atoms with E-state index in [-0.39, 0.29) is 118 Å². The number of fused-ring (bicyclic) bond motifs is 1. The number of piperazine rings is 1. The molecule has 5 heterocycles. The van der Waals surface area contributed by atoms with Crippen molar-refractivity contribution in [1.82, 2.24) is 24.5 Å². The Morgan fingerprint density at radius 1 is 0.926 bits per heavy atom. The van der Waals surface area contributed by atoms with E-state index in [9.17, 15) is 41.5 Å². The Kier molecular flexibility index (Phi) is 13.5. The van der Waals surface area contributed by atoms with Crippen molar-refractivity contribution in [3.05, 3.63) is 101 Å². The largest absolute Gasteiger partial charge is 0.389 e. The second-order valence-corrected chi connectivity index (χ2v) is 18.9. The van der Waals surface area contributed by atoms with Gasteiger partial charge in [-0.05, 0) is 73.4 Å². The van der Waals surface area contributed by atoms with Crippen LogP contribution in [0, 0.1) is 17.5 Å². The number of ketones is 1. The fraction of sp³-hybridized carbons (Fsp3) is 0.370. The van der Waals surface area contributed by atoms with Crippen LogP contribution in [0.15, 0.2) is 67.0 Å². The molecule has 8 rings (SSSR count). The van der Waals surface area contributed by atoms with Crippen LogP contribution in [0.2, 0.25) is 0 Å². The number of rotatable bonds is 14. The van der Waals surface area contributed by atoms with Gasteiger partial charge >= 0.3 is 10.2 Å². The molecule has 0 bridgehead atoms. The highest BCUT2D eigenvalue weighted by molar-refractivity contribution is 7.90. The first-order chi connectivity index (χ1) is 32.3. The summed E-state index contributed by atoms with van der Waals surface area (Å²) in [4.78, 5) is 63.0. The zero-order valence-corrected chi connectivity index (χ0v) is 37.7. The number of H-pyrrole nitrogens is 1. The number of pyridine rings is 1. The minimum absolute atomic E-state index is 0.0494. The molecule has 2 aromatic heterocycles. The number of anilines is 4. The predicted molar refractivity (Wildman–Crippen MR) is 243 cm³/mol. The first-order valence-electron chi connectivity index (χ1n) is 21.9. The standard InChI is InChI=1S/C46H48F5N9O7S/c1-3-57(2)68(66,67)56-34-7-6-32(47)40(41(34)49)42(63)31-25-53-44-29(31)21-27(24-52-44)26-4-9-36(30(20-26)43(50)51)59-16-18-60(19-17-59)39(62)23-46(65)12-14-58(15-13-46)37-10-5-28(22-33(37)48)54-35-8-11-38(61)55-45(35)64/h4-7,9-10,20-22,24-25,35,43,54,56,65H,3,8,11-19,23H2,1-2H3,(H,52,53)(H,55,61,64). The van der Waals surface area contributed by atoms with Crippen molar-refractivity contribution in [3.8, 4) is 11.1 Å². The van der Waals surface area contributed by atoms with E-state index in [4.69, 9.17) is 0 Å². The number of halogens is 5. The maximum absolute atomic E-state index is 15.7. The summed E-state index contributed by atoms with van der Waals surface area (Å²) >= 11 is 0. The van der Waals surface area contributed by atoms with Crippen LogP contribution in [0.25, 0.3) is 22.2 Å². The van der Waals surface area contributed by atoms with Gasteiger partial charge in [-0.15, -0.1) is 0 Å². The van der Waals surface area contributed by atoms with Crippen LogP contribution in [0.4, 0.5) is 44.7 Å². The number of carbonyl (C=O) groups is 4. The van der Waals surface area contributed by atoms with Gasteiger partial charge in [0.2, 0.25) is 23.5 Å². The highest BCUT2D eigenvalue weighted by Crippen LogP contribution is 2.37. The van der Waals surface area contributed by atoms with Gasteiger partial charge in [0.1, 0.15) is 23.3 Å². The number of aliphatic hydroxyl groups is 1. The van der Waals surface area contributed by atoms with E-state index in [1.165, 1.54) is 43.7 Å². The number of hydrogen-bond donors (Lipinski definition) is 5. The Labute approximate surface area is 387 Å². The molecule has 3 amide bonds.